The van der Waals surface area contributed by atoms with Gasteiger partial charge in [-0.2, -0.15) is 0 Å². The Kier molecular flexibility index (Phi) is 6.61. The van der Waals surface area contributed by atoms with Crippen molar-refractivity contribution < 1.29 is 4.74 Å². The van der Waals surface area contributed by atoms with E-state index in [-0.39, 0.29) is 5.41 Å². The van der Waals surface area contributed by atoms with Gasteiger partial charge in [0.25, 0.3) is 0 Å². The van der Waals surface area contributed by atoms with Crippen molar-refractivity contribution in [2.75, 3.05) is 12.5 Å². The Morgan fingerprint density at radius 2 is 1.94 bits per heavy atom. The van der Waals surface area contributed by atoms with Crippen LogP contribution in [0.5, 0.6) is 0 Å². The van der Waals surface area contributed by atoms with Crippen molar-refractivity contribution in [2.45, 2.75) is 39.7 Å². The van der Waals surface area contributed by atoms with Crippen molar-refractivity contribution in [1.29, 1.82) is 0 Å². The van der Waals surface area contributed by atoms with Gasteiger partial charge in [-0.1, -0.05) is 44.2 Å². The molecule has 1 aromatic rings. The first-order valence-electron chi connectivity index (χ1n) is 6.38. The number of halogens is 1. The van der Waals surface area contributed by atoms with Gasteiger partial charge in [0.15, 0.2) is 0 Å². The first-order valence-corrected chi connectivity index (χ1v) is 6.91. The molecule has 1 aromatic carbocycles. The Morgan fingerprint density at radius 1 is 1.24 bits per heavy atom. The van der Waals surface area contributed by atoms with Crippen molar-refractivity contribution in [1.82, 2.24) is 0 Å². The molecule has 1 atom stereocenters. The van der Waals surface area contributed by atoms with E-state index in [2.05, 4.69) is 26.0 Å². The fraction of sp³-hybridized carbons (Fsp3) is 0.600. The second-order valence-electron chi connectivity index (χ2n) is 4.94. The van der Waals surface area contributed by atoms with Crippen LogP contribution in [0, 0.1) is 5.41 Å². The average molecular weight is 255 g/mol. The topological polar surface area (TPSA) is 9.23 Å². The molecule has 1 unspecified atom stereocenters. The molecule has 1 nitrogen and oxygen atoms in total. The molecule has 2 heteroatoms. The zero-order valence-corrected chi connectivity index (χ0v) is 11.7. The van der Waals surface area contributed by atoms with Crippen molar-refractivity contribution in [3.05, 3.63) is 35.9 Å². The molecule has 0 N–H and O–H groups in total. The summed E-state index contributed by atoms with van der Waals surface area (Å²) in [6, 6.07) is 10.3. The van der Waals surface area contributed by atoms with Crippen molar-refractivity contribution in [3.8, 4) is 0 Å². The second-order valence-corrected chi connectivity index (χ2v) is 5.21. The minimum Gasteiger partial charge on any atom is -0.377 e. The number of ether oxygens (including phenoxy) is 1. The van der Waals surface area contributed by atoms with Gasteiger partial charge in [0.2, 0.25) is 0 Å². The van der Waals surface area contributed by atoms with Gasteiger partial charge in [0, 0.05) is 12.5 Å². The Hall–Kier alpha value is -0.530. The summed E-state index contributed by atoms with van der Waals surface area (Å²) >= 11 is 5.98. The minimum absolute atomic E-state index is 0.275. The highest BCUT2D eigenvalue weighted by Crippen LogP contribution is 2.28. The molecule has 0 saturated heterocycles. The van der Waals surface area contributed by atoms with E-state index in [0.717, 1.165) is 31.7 Å². The van der Waals surface area contributed by atoms with Crippen LogP contribution in [-0.2, 0) is 11.3 Å². The van der Waals surface area contributed by atoms with Crippen LogP contribution >= 0.6 is 11.6 Å². The van der Waals surface area contributed by atoms with Crippen LogP contribution in [0.1, 0.15) is 38.7 Å². The van der Waals surface area contributed by atoms with Gasteiger partial charge in [0.1, 0.15) is 0 Å². The molecule has 0 amide bonds. The fourth-order valence-corrected chi connectivity index (χ4v) is 2.03. The van der Waals surface area contributed by atoms with Gasteiger partial charge in [-0.15, -0.1) is 11.6 Å². The predicted molar refractivity (Wildman–Crippen MR) is 74.5 cm³/mol. The Balaban J connectivity index is 2.13. The lowest BCUT2D eigenvalue weighted by atomic mass is 9.85. The van der Waals surface area contributed by atoms with E-state index in [1.165, 1.54) is 5.56 Å². The van der Waals surface area contributed by atoms with Gasteiger partial charge in [-0.3, -0.25) is 0 Å². The highest BCUT2D eigenvalue weighted by molar-refractivity contribution is 6.18. The van der Waals surface area contributed by atoms with Gasteiger partial charge in [-0.25, -0.2) is 0 Å². The molecule has 1 rings (SSSR count). The number of benzene rings is 1. The molecule has 0 saturated carbocycles. The smallest absolute Gasteiger partial charge is 0.0716 e. The molecule has 0 aliphatic heterocycles. The van der Waals surface area contributed by atoms with Crippen molar-refractivity contribution in [2.24, 2.45) is 5.41 Å². The van der Waals surface area contributed by atoms with Crippen LogP contribution < -0.4 is 0 Å². The van der Waals surface area contributed by atoms with Crippen molar-refractivity contribution >= 4 is 11.6 Å². The third-order valence-corrected chi connectivity index (χ3v) is 4.00. The molecule has 96 valence electrons. The monoisotopic (exact) mass is 254 g/mol. The molecule has 0 heterocycles. The van der Waals surface area contributed by atoms with Gasteiger partial charge >= 0.3 is 0 Å². The molecule has 0 spiro atoms. The lowest BCUT2D eigenvalue weighted by molar-refractivity contribution is 0.108. The summed E-state index contributed by atoms with van der Waals surface area (Å²) in [5.74, 6) is 0.738. The first-order chi connectivity index (χ1) is 8.20. The summed E-state index contributed by atoms with van der Waals surface area (Å²) in [6.07, 6.45) is 3.36. The summed E-state index contributed by atoms with van der Waals surface area (Å²) in [5, 5.41) is 0. The van der Waals surface area contributed by atoms with Gasteiger partial charge < -0.3 is 4.74 Å². The van der Waals surface area contributed by atoms with Crippen LogP contribution in [0.4, 0.5) is 0 Å². The molecular formula is C15H23ClO. The van der Waals surface area contributed by atoms with E-state index in [1.54, 1.807) is 0 Å². The molecule has 0 aliphatic rings. The van der Waals surface area contributed by atoms with Crippen molar-refractivity contribution in [3.63, 3.8) is 0 Å². The van der Waals surface area contributed by atoms with Gasteiger partial charge in [-0.05, 0) is 30.2 Å². The maximum Gasteiger partial charge on any atom is 0.0716 e. The maximum absolute atomic E-state index is 5.98. The average Bonchev–Trinajstić information content (AvgIpc) is 2.39. The minimum atomic E-state index is 0.275. The first kappa shape index (κ1) is 14.5. The highest BCUT2D eigenvalue weighted by atomic mass is 35.5. The fourth-order valence-electron chi connectivity index (χ4n) is 1.70. The molecular weight excluding hydrogens is 232 g/mol. The number of rotatable bonds is 8. The van der Waals surface area contributed by atoms with E-state index >= 15 is 0 Å². The summed E-state index contributed by atoms with van der Waals surface area (Å²) in [6.45, 7) is 5.98. The quantitative estimate of drug-likeness (QED) is 0.485. The molecule has 0 bridgehead atoms. The van der Waals surface area contributed by atoms with Crippen LogP contribution in [0.3, 0.4) is 0 Å². The molecule has 0 fully saturated rings. The highest BCUT2D eigenvalue weighted by Gasteiger charge is 2.19. The zero-order valence-electron chi connectivity index (χ0n) is 10.9. The number of alkyl halides is 1. The van der Waals surface area contributed by atoms with E-state index in [4.69, 9.17) is 16.3 Å². The maximum atomic E-state index is 5.98. The SMILES string of the molecule is CCC(C)(CCl)CCCOCc1ccccc1. The van der Waals surface area contributed by atoms with E-state index in [1.807, 2.05) is 18.2 Å². The van der Waals surface area contributed by atoms with Gasteiger partial charge in [0.05, 0.1) is 6.61 Å². The lowest BCUT2D eigenvalue weighted by Crippen LogP contribution is -2.17. The number of hydrogen-bond acceptors (Lipinski definition) is 1. The lowest BCUT2D eigenvalue weighted by Gasteiger charge is -2.25. The zero-order chi connectivity index (χ0) is 12.6. The summed E-state index contributed by atoms with van der Waals surface area (Å²) in [7, 11) is 0. The standard InChI is InChI=1S/C15H23ClO/c1-3-15(2,13-16)10-7-11-17-12-14-8-5-4-6-9-14/h4-6,8-9H,3,7,10-13H2,1-2H3. The third kappa shape index (κ3) is 5.56. The van der Waals surface area contributed by atoms with Crippen LogP contribution in [0.15, 0.2) is 30.3 Å². The Morgan fingerprint density at radius 3 is 2.53 bits per heavy atom. The second kappa shape index (κ2) is 7.73. The summed E-state index contributed by atoms with van der Waals surface area (Å²) in [5.41, 5.74) is 1.51. The molecule has 0 aliphatic carbocycles. The predicted octanol–water partition coefficient (Wildman–Crippen LogP) is 4.64. The van der Waals surface area contributed by atoms with Crippen LogP contribution in [0.25, 0.3) is 0 Å². The van der Waals surface area contributed by atoms with E-state index in [9.17, 15) is 0 Å². The van der Waals surface area contributed by atoms with E-state index in [0.29, 0.717) is 6.61 Å². The third-order valence-electron chi connectivity index (χ3n) is 3.36. The Labute approximate surface area is 110 Å². The van der Waals surface area contributed by atoms with Crippen LogP contribution in [0.2, 0.25) is 0 Å². The summed E-state index contributed by atoms with van der Waals surface area (Å²) in [4.78, 5) is 0. The van der Waals surface area contributed by atoms with Crippen LogP contribution in [-0.4, -0.2) is 12.5 Å². The largest absolute Gasteiger partial charge is 0.377 e. The molecule has 0 radical (unpaired) electrons. The normalized spacial score (nSPS) is 14.5. The van der Waals surface area contributed by atoms with E-state index < -0.39 is 0 Å². The number of hydrogen-bond donors (Lipinski definition) is 0. The summed E-state index contributed by atoms with van der Waals surface area (Å²) < 4.78 is 5.66. The molecule has 0 aromatic heterocycles. The Bertz CT molecular complexity index is 293. The molecule has 17 heavy (non-hydrogen) atoms.